The zero-order valence-electron chi connectivity index (χ0n) is 9.83. The molecule has 0 aromatic heterocycles. The van der Waals surface area contributed by atoms with Crippen LogP contribution in [0.4, 0.5) is 0 Å². The van der Waals surface area contributed by atoms with Crippen LogP contribution in [-0.2, 0) is 0 Å². The summed E-state index contributed by atoms with van der Waals surface area (Å²) in [7, 11) is 1.00. The van der Waals surface area contributed by atoms with Gasteiger partial charge in [0.15, 0.2) is 0 Å². The summed E-state index contributed by atoms with van der Waals surface area (Å²) in [4.78, 5) is 0. The topological polar surface area (TPSA) is 46.2 Å². The van der Waals surface area contributed by atoms with Gasteiger partial charge in [-0.15, -0.1) is 0 Å². The van der Waals surface area contributed by atoms with Gasteiger partial charge in [-0.1, -0.05) is 30.8 Å². The fraction of sp³-hybridized carbons (Fsp3) is 0.385. The van der Waals surface area contributed by atoms with Gasteiger partial charge in [0.25, 0.3) is 0 Å². The maximum atomic E-state index is 7.00. The van der Waals surface area contributed by atoms with E-state index >= 15 is 0 Å². The molecule has 0 fully saturated rings. The zero-order chi connectivity index (χ0) is 11.8. The van der Waals surface area contributed by atoms with E-state index in [4.69, 9.17) is 10.8 Å². The van der Waals surface area contributed by atoms with Gasteiger partial charge in [-0.25, -0.2) is 0 Å². The van der Waals surface area contributed by atoms with Crippen LogP contribution < -0.4 is 5.73 Å². The first-order valence-electron chi connectivity index (χ1n) is 5.05. The highest BCUT2D eigenvalue weighted by atomic mass is 16.2. The molecule has 0 aliphatic carbocycles. The number of rotatable bonds is 3. The molecule has 1 unspecified atom stereocenters. The summed E-state index contributed by atoms with van der Waals surface area (Å²) >= 11 is 0. The molecular formula is C13H21NO. The Hall–Kier alpha value is -1.12. The summed E-state index contributed by atoms with van der Waals surface area (Å²) in [6.45, 7) is 8.15. The molecule has 15 heavy (non-hydrogen) atoms. The van der Waals surface area contributed by atoms with Crippen molar-refractivity contribution in [2.24, 2.45) is 5.73 Å². The third-order valence-electron chi connectivity index (χ3n) is 2.09. The second-order valence-corrected chi connectivity index (χ2v) is 3.60. The first kappa shape index (κ1) is 13.9. The van der Waals surface area contributed by atoms with Crippen LogP contribution in [0.3, 0.4) is 0 Å². The van der Waals surface area contributed by atoms with Crippen LogP contribution in [0.15, 0.2) is 30.8 Å². The van der Waals surface area contributed by atoms with Crippen LogP contribution in [0.2, 0.25) is 0 Å². The molecule has 1 aromatic rings. The molecule has 0 saturated carbocycles. The standard InChI is InChI=1S/C12H17N.CH4O/c1-9-6-4-5-7-12(9)10(2)8-11(3)13;1-2/h4-7,11H,2,8,13H2,1,3H3;2H,1H3. The average molecular weight is 207 g/mol. The Morgan fingerprint density at radius 2 is 1.93 bits per heavy atom. The van der Waals surface area contributed by atoms with E-state index in [0.717, 1.165) is 19.1 Å². The zero-order valence-corrected chi connectivity index (χ0v) is 9.83. The van der Waals surface area contributed by atoms with Gasteiger partial charge in [-0.2, -0.15) is 0 Å². The Balaban J connectivity index is 0.000000921. The van der Waals surface area contributed by atoms with E-state index < -0.39 is 0 Å². The Morgan fingerprint density at radius 3 is 2.40 bits per heavy atom. The van der Waals surface area contributed by atoms with Gasteiger partial charge in [-0.05, 0) is 37.0 Å². The Kier molecular flexibility index (Phi) is 6.67. The highest BCUT2D eigenvalue weighted by Gasteiger charge is 2.03. The third kappa shape index (κ3) is 4.77. The highest BCUT2D eigenvalue weighted by Crippen LogP contribution is 2.20. The number of nitrogens with two attached hydrogens (primary N) is 1. The van der Waals surface area contributed by atoms with Gasteiger partial charge >= 0.3 is 0 Å². The van der Waals surface area contributed by atoms with Crippen molar-refractivity contribution in [3.8, 4) is 0 Å². The van der Waals surface area contributed by atoms with Crippen LogP contribution in [-0.4, -0.2) is 18.3 Å². The van der Waals surface area contributed by atoms with E-state index in [-0.39, 0.29) is 6.04 Å². The second-order valence-electron chi connectivity index (χ2n) is 3.60. The van der Waals surface area contributed by atoms with Crippen LogP contribution in [0, 0.1) is 6.92 Å². The van der Waals surface area contributed by atoms with Gasteiger partial charge in [-0.3, -0.25) is 0 Å². The largest absolute Gasteiger partial charge is 0.400 e. The lowest BCUT2D eigenvalue weighted by atomic mass is 9.97. The highest BCUT2D eigenvalue weighted by molar-refractivity contribution is 5.66. The fourth-order valence-electron chi connectivity index (χ4n) is 1.47. The van der Waals surface area contributed by atoms with Crippen molar-refractivity contribution in [1.29, 1.82) is 0 Å². The van der Waals surface area contributed by atoms with Gasteiger partial charge in [0.2, 0.25) is 0 Å². The summed E-state index contributed by atoms with van der Waals surface area (Å²) in [5, 5.41) is 7.00. The number of benzene rings is 1. The van der Waals surface area contributed by atoms with Crippen LogP contribution in [0.25, 0.3) is 5.57 Å². The number of aliphatic hydroxyl groups excluding tert-OH is 1. The van der Waals surface area contributed by atoms with Gasteiger partial charge in [0.1, 0.15) is 0 Å². The van der Waals surface area contributed by atoms with E-state index in [1.807, 2.05) is 19.1 Å². The first-order valence-corrected chi connectivity index (χ1v) is 5.05. The normalized spacial score (nSPS) is 11.3. The van der Waals surface area contributed by atoms with Gasteiger partial charge < -0.3 is 10.8 Å². The molecule has 2 heteroatoms. The molecule has 84 valence electrons. The van der Waals surface area contributed by atoms with E-state index in [9.17, 15) is 0 Å². The summed E-state index contributed by atoms with van der Waals surface area (Å²) in [6.07, 6.45) is 0.866. The lowest BCUT2D eigenvalue weighted by Crippen LogP contribution is -2.14. The smallest absolute Gasteiger partial charge is 0.0319 e. The molecule has 0 aliphatic heterocycles. The molecule has 0 saturated heterocycles. The monoisotopic (exact) mass is 207 g/mol. The molecule has 0 radical (unpaired) electrons. The van der Waals surface area contributed by atoms with Crippen molar-refractivity contribution in [3.05, 3.63) is 42.0 Å². The SMILES string of the molecule is C=C(CC(C)N)c1ccccc1C.CO. The molecule has 3 N–H and O–H groups in total. The summed E-state index contributed by atoms with van der Waals surface area (Å²) in [5.74, 6) is 0. The van der Waals surface area contributed by atoms with E-state index in [0.29, 0.717) is 0 Å². The fourth-order valence-corrected chi connectivity index (χ4v) is 1.47. The summed E-state index contributed by atoms with van der Waals surface area (Å²) < 4.78 is 0. The molecular weight excluding hydrogens is 186 g/mol. The lowest BCUT2D eigenvalue weighted by molar-refractivity contribution is 0.399. The molecule has 1 aromatic carbocycles. The van der Waals surface area contributed by atoms with Crippen LogP contribution >= 0.6 is 0 Å². The predicted octanol–water partition coefficient (Wildman–Crippen LogP) is 2.35. The van der Waals surface area contributed by atoms with Crippen molar-refractivity contribution in [2.45, 2.75) is 26.3 Å². The maximum absolute atomic E-state index is 7.00. The second kappa shape index (κ2) is 7.21. The molecule has 2 nitrogen and oxygen atoms in total. The molecule has 0 heterocycles. The Bertz CT molecular complexity index is 305. The molecule has 1 atom stereocenters. The van der Waals surface area contributed by atoms with Crippen LogP contribution in [0.1, 0.15) is 24.5 Å². The van der Waals surface area contributed by atoms with Gasteiger partial charge in [0.05, 0.1) is 0 Å². The minimum Gasteiger partial charge on any atom is -0.400 e. The van der Waals surface area contributed by atoms with Crippen molar-refractivity contribution in [2.75, 3.05) is 7.11 Å². The minimum atomic E-state index is 0.187. The summed E-state index contributed by atoms with van der Waals surface area (Å²) in [6, 6.07) is 8.46. The average Bonchev–Trinajstić information content (AvgIpc) is 2.20. The van der Waals surface area contributed by atoms with Crippen LogP contribution in [0.5, 0.6) is 0 Å². The van der Waals surface area contributed by atoms with Crippen molar-refractivity contribution < 1.29 is 5.11 Å². The number of aryl methyl sites for hydroxylation is 1. The van der Waals surface area contributed by atoms with Crippen molar-refractivity contribution >= 4 is 5.57 Å². The van der Waals surface area contributed by atoms with E-state index in [1.165, 1.54) is 11.1 Å². The first-order chi connectivity index (χ1) is 7.11. The molecule has 0 bridgehead atoms. The number of hydrogen-bond acceptors (Lipinski definition) is 2. The minimum absolute atomic E-state index is 0.187. The molecule has 0 spiro atoms. The number of hydrogen-bond donors (Lipinski definition) is 2. The predicted molar refractivity (Wildman–Crippen MR) is 66.6 cm³/mol. The molecule has 1 rings (SSSR count). The lowest BCUT2D eigenvalue weighted by Gasteiger charge is -2.10. The van der Waals surface area contributed by atoms with Crippen molar-refractivity contribution in [1.82, 2.24) is 0 Å². The van der Waals surface area contributed by atoms with E-state index in [2.05, 4.69) is 25.6 Å². The third-order valence-corrected chi connectivity index (χ3v) is 2.09. The van der Waals surface area contributed by atoms with E-state index in [1.54, 1.807) is 0 Å². The van der Waals surface area contributed by atoms with Gasteiger partial charge in [0, 0.05) is 13.2 Å². The quantitative estimate of drug-likeness (QED) is 0.799. The maximum Gasteiger partial charge on any atom is 0.0319 e. The number of aliphatic hydroxyl groups is 1. The Labute approximate surface area is 92.4 Å². The molecule has 0 amide bonds. The van der Waals surface area contributed by atoms with Crippen molar-refractivity contribution in [3.63, 3.8) is 0 Å². The summed E-state index contributed by atoms with van der Waals surface area (Å²) in [5.41, 5.74) is 9.36. The molecule has 0 aliphatic rings. The Morgan fingerprint density at radius 1 is 1.40 bits per heavy atom.